The Kier molecular flexibility index (Phi) is 3.08. The fourth-order valence-electron chi connectivity index (χ4n) is 1.20. The lowest BCUT2D eigenvalue weighted by Gasteiger charge is -2.06. The van der Waals surface area contributed by atoms with Crippen molar-refractivity contribution in [3.63, 3.8) is 0 Å². The number of rotatable bonds is 4. The fourth-order valence-corrected chi connectivity index (χ4v) is 1.20. The van der Waals surface area contributed by atoms with Gasteiger partial charge in [0.2, 0.25) is 0 Å². The van der Waals surface area contributed by atoms with Crippen molar-refractivity contribution >= 4 is 6.29 Å². The molecule has 0 bridgehead atoms. The van der Waals surface area contributed by atoms with E-state index in [1.165, 1.54) is 17.2 Å². The maximum atomic E-state index is 13.2. The van der Waals surface area contributed by atoms with E-state index in [0.29, 0.717) is 0 Å². The molecule has 0 fully saturated rings. The van der Waals surface area contributed by atoms with Crippen LogP contribution in [0, 0.1) is 11.6 Å². The molecule has 88 valence electrons. The zero-order valence-corrected chi connectivity index (χ0v) is 8.51. The van der Waals surface area contributed by atoms with Crippen molar-refractivity contribution in [2.45, 2.75) is 6.73 Å². The molecular formula is C10H7F2N3O2. The van der Waals surface area contributed by atoms with Gasteiger partial charge in [-0.1, -0.05) is 0 Å². The van der Waals surface area contributed by atoms with Crippen LogP contribution in [0.3, 0.4) is 0 Å². The van der Waals surface area contributed by atoms with Crippen molar-refractivity contribution in [2.24, 2.45) is 0 Å². The largest absolute Gasteiger partial charge is 0.469 e. The van der Waals surface area contributed by atoms with Crippen molar-refractivity contribution in [3.8, 4) is 5.75 Å². The van der Waals surface area contributed by atoms with Crippen LogP contribution >= 0.6 is 0 Å². The summed E-state index contributed by atoms with van der Waals surface area (Å²) in [7, 11) is 0. The van der Waals surface area contributed by atoms with Crippen LogP contribution in [0.15, 0.2) is 24.5 Å². The van der Waals surface area contributed by atoms with Gasteiger partial charge in [-0.25, -0.2) is 8.78 Å². The quantitative estimate of drug-likeness (QED) is 0.757. The van der Waals surface area contributed by atoms with E-state index < -0.39 is 17.2 Å². The zero-order valence-electron chi connectivity index (χ0n) is 8.51. The third kappa shape index (κ3) is 2.44. The summed E-state index contributed by atoms with van der Waals surface area (Å²) >= 11 is 0. The van der Waals surface area contributed by atoms with Gasteiger partial charge in [0.05, 0.1) is 18.0 Å². The molecule has 0 unspecified atom stereocenters. The van der Waals surface area contributed by atoms with Gasteiger partial charge >= 0.3 is 0 Å². The Morgan fingerprint density at radius 3 is 2.35 bits per heavy atom. The Morgan fingerprint density at radius 2 is 1.82 bits per heavy atom. The molecule has 2 rings (SSSR count). The SMILES string of the molecule is O=Cc1c(F)cc(OCn2nccn2)cc1F. The third-order valence-electron chi connectivity index (χ3n) is 1.98. The molecule has 0 spiro atoms. The lowest BCUT2D eigenvalue weighted by Crippen LogP contribution is -2.09. The van der Waals surface area contributed by atoms with Crippen LogP contribution in [0.5, 0.6) is 5.75 Å². The maximum Gasteiger partial charge on any atom is 0.199 e. The summed E-state index contributed by atoms with van der Waals surface area (Å²) in [6.45, 7) is -0.0771. The molecule has 7 heteroatoms. The summed E-state index contributed by atoms with van der Waals surface area (Å²) in [6, 6.07) is 1.85. The Morgan fingerprint density at radius 1 is 1.24 bits per heavy atom. The summed E-state index contributed by atoms with van der Waals surface area (Å²) in [5.41, 5.74) is -0.616. The predicted molar refractivity (Wildman–Crippen MR) is 52.4 cm³/mol. The van der Waals surface area contributed by atoms with Crippen LogP contribution in [-0.4, -0.2) is 21.3 Å². The number of carbonyl (C=O) groups is 1. The fraction of sp³-hybridized carbons (Fsp3) is 0.100. The van der Waals surface area contributed by atoms with E-state index in [2.05, 4.69) is 10.2 Å². The average Bonchev–Trinajstić information content (AvgIpc) is 2.79. The number of hydrogen-bond donors (Lipinski definition) is 0. The van der Waals surface area contributed by atoms with Gasteiger partial charge in [0, 0.05) is 12.1 Å². The molecule has 0 saturated carbocycles. The number of ether oxygens (including phenoxy) is 1. The van der Waals surface area contributed by atoms with E-state index >= 15 is 0 Å². The number of aromatic nitrogens is 3. The molecule has 17 heavy (non-hydrogen) atoms. The molecular weight excluding hydrogens is 232 g/mol. The van der Waals surface area contributed by atoms with Gasteiger partial charge in [-0.15, -0.1) is 4.80 Å². The van der Waals surface area contributed by atoms with Gasteiger partial charge in [-0.05, 0) is 0 Å². The molecule has 0 saturated heterocycles. The lowest BCUT2D eigenvalue weighted by atomic mass is 10.2. The molecule has 0 aliphatic carbocycles. The second-order valence-electron chi connectivity index (χ2n) is 3.09. The smallest absolute Gasteiger partial charge is 0.199 e. The van der Waals surface area contributed by atoms with E-state index in [0.717, 1.165) is 12.1 Å². The van der Waals surface area contributed by atoms with Crippen LogP contribution < -0.4 is 4.74 Å². The summed E-state index contributed by atoms with van der Waals surface area (Å²) in [5, 5.41) is 7.49. The van der Waals surface area contributed by atoms with Crippen molar-refractivity contribution in [2.75, 3.05) is 0 Å². The van der Waals surface area contributed by atoms with Crippen LogP contribution in [0.25, 0.3) is 0 Å². The average molecular weight is 239 g/mol. The minimum absolute atomic E-state index is 0.0390. The molecule has 0 aliphatic rings. The van der Waals surface area contributed by atoms with Gasteiger partial charge in [0.1, 0.15) is 17.4 Å². The zero-order chi connectivity index (χ0) is 12.3. The Hall–Kier alpha value is -2.31. The highest BCUT2D eigenvalue weighted by Gasteiger charge is 2.11. The molecule has 1 aromatic carbocycles. The Balaban J connectivity index is 2.14. The standard InChI is InChI=1S/C10H7F2N3O2/c11-9-3-7(4-10(12)8(9)5-16)17-6-15-13-1-2-14-15/h1-5H,6H2. The molecule has 1 heterocycles. The lowest BCUT2D eigenvalue weighted by molar-refractivity contribution is 0.111. The molecule has 5 nitrogen and oxygen atoms in total. The van der Waals surface area contributed by atoms with Gasteiger partial charge < -0.3 is 4.74 Å². The van der Waals surface area contributed by atoms with Crippen molar-refractivity contribution in [3.05, 3.63) is 41.7 Å². The first-order valence-corrected chi connectivity index (χ1v) is 4.62. The number of hydrogen-bond acceptors (Lipinski definition) is 4. The van der Waals surface area contributed by atoms with Gasteiger partial charge in [-0.2, -0.15) is 10.2 Å². The highest BCUT2D eigenvalue weighted by atomic mass is 19.1. The molecule has 0 amide bonds. The molecule has 0 atom stereocenters. The van der Waals surface area contributed by atoms with Crippen LogP contribution in [-0.2, 0) is 6.73 Å². The number of halogens is 2. The summed E-state index contributed by atoms with van der Waals surface area (Å²) < 4.78 is 31.4. The normalized spacial score (nSPS) is 10.2. The summed E-state index contributed by atoms with van der Waals surface area (Å²) in [5.74, 6) is -1.98. The Bertz CT molecular complexity index is 505. The van der Waals surface area contributed by atoms with Crippen LogP contribution in [0.4, 0.5) is 8.78 Å². The number of nitrogens with zero attached hydrogens (tertiary/aromatic N) is 3. The highest BCUT2D eigenvalue weighted by Crippen LogP contribution is 2.19. The first-order valence-electron chi connectivity index (χ1n) is 4.62. The van der Waals surface area contributed by atoms with Gasteiger partial charge in [0.15, 0.2) is 13.0 Å². The first-order chi connectivity index (χ1) is 8.20. The van der Waals surface area contributed by atoms with E-state index in [9.17, 15) is 13.6 Å². The van der Waals surface area contributed by atoms with Gasteiger partial charge in [0.25, 0.3) is 0 Å². The van der Waals surface area contributed by atoms with Crippen LogP contribution in [0.2, 0.25) is 0 Å². The number of aldehydes is 1. The predicted octanol–water partition coefficient (Wildman–Crippen LogP) is 1.41. The van der Waals surface area contributed by atoms with E-state index in [1.54, 1.807) is 0 Å². The summed E-state index contributed by atoms with van der Waals surface area (Å²) in [6.07, 6.45) is 3.00. The van der Waals surface area contributed by atoms with E-state index in [4.69, 9.17) is 4.74 Å². The number of benzene rings is 1. The maximum absolute atomic E-state index is 13.2. The van der Waals surface area contributed by atoms with Crippen LogP contribution in [0.1, 0.15) is 10.4 Å². The minimum atomic E-state index is -0.969. The topological polar surface area (TPSA) is 57.0 Å². The minimum Gasteiger partial charge on any atom is -0.469 e. The van der Waals surface area contributed by atoms with Crippen molar-refractivity contribution in [1.29, 1.82) is 0 Å². The molecule has 1 aromatic heterocycles. The molecule has 2 aromatic rings. The number of carbonyl (C=O) groups excluding carboxylic acids is 1. The van der Waals surface area contributed by atoms with Crippen molar-refractivity contribution < 1.29 is 18.3 Å². The van der Waals surface area contributed by atoms with E-state index in [-0.39, 0.29) is 18.8 Å². The van der Waals surface area contributed by atoms with Crippen molar-refractivity contribution in [1.82, 2.24) is 15.0 Å². The second kappa shape index (κ2) is 4.69. The second-order valence-corrected chi connectivity index (χ2v) is 3.09. The monoisotopic (exact) mass is 239 g/mol. The first kappa shape index (κ1) is 11.2. The molecule has 0 radical (unpaired) electrons. The van der Waals surface area contributed by atoms with Gasteiger partial charge in [-0.3, -0.25) is 4.79 Å². The summed E-state index contributed by atoms with van der Waals surface area (Å²) in [4.78, 5) is 11.6. The Labute approximate surface area is 94.6 Å². The molecule has 0 aliphatic heterocycles. The van der Waals surface area contributed by atoms with E-state index in [1.807, 2.05) is 0 Å². The highest BCUT2D eigenvalue weighted by molar-refractivity contribution is 5.75. The molecule has 0 N–H and O–H groups in total. The third-order valence-corrected chi connectivity index (χ3v) is 1.98.